The van der Waals surface area contributed by atoms with Crippen LogP contribution in [0.1, 0.15) is 17.9 Å². The van der Waals surface area contributed by atoms with E-state index >= 15 is 0 Å². The highest BCUT2D eigenvalue weighted by atomic mass is 16.5. The fourth-order valence-corrected chi connectivity index (χ4v) is 2.85. The van der Waals surface area contributed by atoms with Gasteiger partial charge in [0.05, 0.1) is 12.6 Å². The molecule has 0 spiro atoms. The van der Waals surface area contributed by atoms with Crippen molar-refractivity contribution in [1.29, 1.82) is 0 Å². The molecule has 1 aliphatic rings. The van der Waals surface area contributed by atoms with Gasteiger partial charge in [0, 0.05) is 25.2 Å². The zero-order valence-electron chi connectivity index (χ0n) is 10.4. The summed E-state index contributed by atoms with van der Waals surface area (Å²) in [5.74, 6) is 1.61. The molecular weight excluding hydrogens is 212 g/mol. The van der Waals surface area contributed by atoms with Crippen LogP contribution in [0.3, 0.4) is 0 Å². The van der Waals surface area contributed by atoms with Gasteiger partial charge in [0.25, 0.3) is 0 Å². The Hall–Kier alpha value is -1.48. The number of fused-ring (bicyclic) bond motifs is 1. The molecule has 0 bridgehead atoms. The predicted molar refractivity (Wildman–Crippen MR) is 69.7 cm³/mol. The molecule has 1 N–H and O–H groups in total. The van der Waals surface area contributed by atoms with Crippen molar-refractivity contribution < 1.29 is 4.74 Å². The zero-order chi connectivity index (χ0) is 11.8. The molecule has 1 aromatic heterocycles. The van der Waals surface area contributed by atoms with Crippen LogP contribution in [-0.2, 0) is 7.05 Å². The smallest absolute Gasteiger partial charge is 0.128 e. The lowest BCUT2D eigenvalue weighted by molar-refractivity contribution is 0.419. The Morgan fingerprint density at radius 3 is 3.00 bits per heavy atom. The summed E-state index contributed by atoms with van der Waals surface area (Å²) >= 11 is 0. The lowest BCUT2D eigenvalue weighted by Crippen LogP contribution is -2.07. The van der Waals surface area contributed by atoms with Gasteiger partial charge in [0.2, 0.25) is 0 Å². The Morgan fingerprint density at radius 1 is 1.41 bits per heavy atom. The Morgan fingerprint density at radius 2 is 2.29 bits per heavy atom. The maximum absolute atomic E-state index is 5.51. The summed E-state index contributed by atoms with van der Waals surface area (Å²) in [6.07, 6.45) is 3.47. The maximum Gasteiger partial charge on any atom is 0.128 e. The van der Waals surface area contributed by atoms with Gasteiger partial charge in [-0.25, -0.2) is 0 Å². The first-order chi connectivity index (χ1) is 8.31. The largest absolute Gasteiger partial charge is 0.496 e. The standard InChI is InChI=1S/C14H18N2O/c1-16-9-11(10-6-7-15-8-10)14-12(16)4-3-5-13(14)17-2/h3-5,9-10,15H,6-8H2,1-2H3. The van der Waals surface area contributed by atoms with E-state index in [0.717, 1.165) is 18.8 Å². The van der Waals surface area contributed by atoms with E-state index in [2.05, 4.69) is 35.3 Å². The summed E-state index contributed by atoms with van der Waals surface area (Å²) in [5.41, 5.74) is 2.68. The Labute approximate surface area is 101 Å². The minimum atomic E-state index is 0.620. The van der Waals surface area contributed by atoms with Crippen LogP contribution in [0.15, 0.2) is 24.4 Å². The number of rotatable bonds is 2. The molecule has 3 heteroatoms. The van der Waals surface area contributed by atoms with Crippen molar-refractivity contribution in [2.24, 2.45) is 7.05 Å². The number of methoxy groups -OCH3 is 1. The highest BCUT2D eigenvalue weighted by Crippen LogP contribution is 2.36. The quantitative estimate of drug-likeness (QED) is 0.856. The molecule has 0 radical (unpaired) electrons. The molecule has 1 aliphatic heterocycles. The third-order valence-corrected chi connectivity index (χ3v) is 3.73. The molecule has 3 nitrogen and oxygen atoms in total. The van der Waals surface area contributed by atoms with Gasteiger partial charge >= 0.3 is 0 Å². The van der Waals surface area contributed by atoms with Crippen molar-refractivity contribution in [2.45, 2.75) is 12.3 Å². The van der Waals surface area contributed by atoms with Crippen LogP contribution in [0.25, 0.3) is 10.9 Å². The molecule has 2 heterocycles. The number of ether oxygens (including phenoxy) is 1. The van der Waals surface area contributed by atoms with Gasteiger partial charge in [-0.2, -0.15) is 0 Å². The third-order valence-electron chi connectivity index (χ3n) is 3.73. The third kappa shape index (κ3) is 1.62. The minimum absolute atomic E-state index is 0.620. The van der Waals surface area contributed by atoms with Gasteiger partial charge in [0.15, 0.2) is 0 Å². The van der Waals surface area contributed by atoms with Crippen LogP contribution in [0.5, 0.6) is 5.75 Å². The molecule has 0 amide bonds. The average Bonchev–Trinajstić information content (AvgIpc) is 2.97. The summed E-state index contributed by atoms with van der Waals surface area (Å²) in [6.45, 7) is 2.20. The van der Waals surface area contributed by atoms with Crippen LogP contribution >= 0.6 is 0 Å². The molecule has 1 fully saturated rings. The van der Waals surface area contributed by atoms with E-state index in [1.165, 1.54) is 22.9 Å². The van der Waals surface area contributed by atoms with Crippen LogP contribution in [0.4, 0.5) is 0 Å². The van der Waals surface area contributed by atoms with E-state index in [9.17, 15) is 0 Å². The number of hydrogen-bond donors (Lipinski definition) is 1. The Bertz CT molecular complexity index is 538. The van der Waals surface area contributed by atoms with E-state index in [4.69, 9.17) is 4.74 Å². The predicted octanol–water partition coefficient (Wildman–Crippen LogP) is 2.26. The van der Waals surface area contributed by atoms with Crippen LogP contribution in [0, 0.1) is 0 Å². The molecule has 2 aromatic rings. The number of benzene rings is 1. The van der Waals surface area contributed by atoms with Gasteiger partial charge < -0.3 is 14.6 Å². The van der Waals surface area contributed by atoms with Gasteiger partial charge in [-0.3, -0.25) is 0 Å². The normalized spacial score (nSPS) is 20.0. The summed E-state index contributed by atoms with van der Waals surface area (Å²) in [4.78, 5) is 0. The first-order valence-electron chi connectivity index (χ1n) is 6.14. The van der Waals surface area contributed by atoms with Crippen molar-refractivity contribution in [1.82, 2.24) is 9.88 Å². The minimum Gasteiger partial charge on any atom is -0.496 e. The van der Waals surface area contributed by atoms with E-state index < -0.39 is 0 Å². The number of nitrogens with one attached hydrogen (secondary N) is 1. The zero-order valence-corrected chi connectivity index (χ0v) is 10.4. The van der Waals surface area contributed by atoms with E-state index in [1.54, 1.807) is 7.11 Å². The monoisotopic (exact) mass is 230 g/mol. The SMILES string of the molecule is COc1cccc2c1c(C1CCNC1)cn2C. The van der Waals surface area contributed by atoms with Crippen molar-refractivity contribution in [3.05, 3.63) is 30.0 Å². The van der Waals surface area contributed by atoms with Gasteiger partial charge in [-0.15, -0.1) is 0 Å². The second kappa shape index (κ2) is 4.08. The molecule has 1 aromatic carbocycles. The first-order valence-corrected chi connectivity index (χ1v) is 6.14. The Balaban J connectivity index is 2.23. The molecule has 1 unspecified atom stereocenters. The van der Waals surface area contributed by atoms with Gasteiger partial charge in [0.1, 0.15) is 5.75 Å². The van der Waals surface area contributed by atoms with Crippen molar-refractivity contribution in [3.63, 3.8) is 0 Å². The highest BCUT2D eigenvalue weighted by Gasteiger charge is 2.22. The fraction of sp³-hybridized carbons (Fsp3) is 0.429. The Kier molecular flexibility index (Phi) is 2.56. The number of hydrogen-bond acceptors (Lipinski definition) is 2. The van der Waals surface area contributed by atoms with Crippen LogP contribution < -0.4 is 10.1 Å². The molecule has 1 atom stereocenters. The molecule has 17 heavy (non-hydrogen) atoms. The summed E-state index contributed by atoms with van der Waals surface area (Å²) in [5, 5.41) is 4.72. The van der Waals surface area contributed by atoms with Crippen LogP contribution in [-0.4, -0.2) is 24.8 Å². The van der Waals surface area contributed by atoms with E-state index in [-0.39, 0.29) is 0 Å². The average molecular weight is 230 g/mol. The first kappa shape index (κ1) is 10.7. The second-order valence-electron chi connectivity index (χ2n) is 4.74. The number of aromatic nitrogens is 1. The van der Waals surface area contributed by atoms with E-state index in [1.807, 2.05) is 6.07 Å². The second-order valence-corrected chi connectivity index (χ2v) is 4.74. The van der Waals surface area contributed by atoms with E-state index in [0.29, 0.717) is 5.92 Å². The molecule has 0 aliphatic carbocycles. The lowest BCUT2D eigenvalue weighted by atomic mass is 9.97. The lowest BCUT2D eigenvalue weighted by Gasteiger charge is -2.09. The number of nitrogens with zero attached hydrogens (tertiary/aromatic N) is 1. The highest BCUT2D eigenvalue weighted by molar-refractivity contribution is 5.90. The van der Waals surface area contributed by atoms with Crippen molar-refractivity contribution in [2.75, 3.05) is 20.2 Å². The molecule has 3 rings (SSSR count). The fourth-order valence-electron chi connectivity index (χ4n) is 2.85. The molecule has 90 valence electrons. The molecule has 1 saturated heterocycles. The van der Waals surface area contributed by atoms with Crippen molar-refractivity contribution in [3.8, 4) is 5.75 Å². The summed E-state index contributed by atoms with van der Waals surface area (Å²) in [7, 11) is 3.85. The molecule has 0 saturated carbocycles. The summed E-state index contributed by atoms with van der Waals surface area (Å²) in [6, 6.07) is 6.26. The number of aryl methyl sites for hydroxylation is 1. The van der Waals surface area contributed by atoms with Crippen LogP contribution in [0.2, 0.25) is 0 Å². The topological polar surface area (TPSA) is 26.2 Å². The maximum atomic E-state index is 5.51. The van der Waals surface area contributed by atoms with Crippen molar-refractivity contribution >= 4 is 10.9 Å². The van der Waals surface area contributed by atoms with Gasteiger partial charge in [-0.05, 0) is 36.6 Å². The van der Waals surface area contributed by atoms with Gasteiger partial charge in [-0.1, -0.05) is 6.07 Å². The molecular formula is C14H18N2O. The summed E-state index contributed by atoms with van der Waals surface area (Å²) < 4.78 is 7.71.